The molecule has 0 aliphatic carbocycles. The summed E-state index contributed by atoms with van der Waals surface area (Å²) < 4.78 is 5.07. The third-order valence-electron chi connectivity index (χ3n) is 6.21. The summed E-state index contributed by atoms with van der Waals surface area (Å²) in [6, 6.07) is 7.60. The van der Waals surface area contributed by atoms with Crippen LogP contribution in [0, 0.1) is 5.92 Å². The van der Waals surface area contributed by atoms with E-state index in [2.05, 4.69) is 0 Å². The van der Waals surface area contributed by atoms with Crippen molar-refractivity contribution in [2.45, 2.75) is 129 Å². The normalized spacial score (nSPS) is 12.2. The monoisotopic (exact) mass is 462 g/mol. The summed E-state index contributed by atoms with van der Waals surface area (Å²) in [5, 5.41) is 19.1. The number of aryl methyl sites for hydroxylation is 1. The SMILES string of the molecule is CC(C)COC(=O)[C@@H](O)CCCCCCCCCCCCCCCCCc1ccc(O)cc1. The number of esters is 1. The van der Waals surface area contributed by atoms with Gasteiger partial charge in [-0.2, -0.15) is 0 Å². The van der Waals surface area contributed by atoms with Crippen LogP contribution in [-0.4, -0.2) is 28.9 Å². The fourth-order valence-electron chi connectivity index (χ4n) is 4.09. The van der Waals surface area contributed by atoms with Crippen LogP contribution in [0.2, 0.25) is 0 Å². The van der Waals surface area contributed by atoms with Crippen LogP contribution in [-0.2, 0) is 16.0 Å². The van der Waals surface area contributed by atoms with E-state index in [0.717, 1.165) is 19.3 Å². The van der Waals surface area contributed by atoms with Crippen molar-refractivity contribution in [2.75, 3.05) is 6.61 Å². The van der Waals surface area contributed by atoms with Crippen molar-refractivity contribution in [3.63, 3.8) is 0 Å². The number of hydrogen-bond acceptors (Lipinski definition) is 4. The lowest BCUT2D eigenvalue weighted by Crippen LogP contribution is -2.24. The molecule has 0 fully saturated rings. The van der Waals surface area contributed by atoms with E-state index in [-0.39, 0.29) is 0 Å². The lowest BCUT2D eigenvalue weighted by molar-refractivity contribution is -0.155. The number of phenolic OH excluding ortho intramolecular Hbond substituents is 1. The highest BCUT2D eigenvalue weighted by atomic mass is 16.5. The largest absolute Gasteiger partial charge is 0.508 e. The zero-order chi connectivity index (χ0) is 24.2. The van der Waals surface area contributed by atoms with Gasteiger partial charge in [-0.1, -0.05) is 116 Å². The average molecular weight is 463 g/mol. The van der Waals surface area contributed by atoms with E-state index in [1.54, 1.807) is 12.1 Å². The predicted molar refractivity (Wildman–Crippen MR) is 137 cm³/mol. The van der Waals surface area contributed by atoms with E-state index in [1.807, 2.05) is 26.0 Å². The van der Waals surface area contributed by atoms with E-state index in [4.69, 9.17) is 4.74 Å². The first-order valence-electron chi connectivity index (χ1n) is 13.6. The smallest absolute Gasteiger partial charge is 0.334 e. The third-order valence-corrected chi connectivity index (χ3v) is 6.21. The minimum atomic E-state index is -0.950. The highest BCUT2D eigenvalue weighted by molar-refractivity contribution is 5.74. The molecule has 0 saturated carbocycles. The van der Waals surface area contributed by atoms with Gasteiger partial charge in [0.15, 0.2) is 6.10 Å². The Morgan fingerprint density at radius 1 is 0.727 bits per heavy atom. The Morgan fingerprint density at radius 2 is 1.15 bits per heavy atom. The summed E-state index contributed by atoms with van der Waals surface area (Å²) >= 11 is 0. The number of hydrogen-bond donors (Lipinski definition) is 2. The van der Waals surface area contributed by atoms with Gasteiger partial charge in [0.1, 0.15) is 5.75 Å². The summed E-state index contributed by atoms with van der Waals surface area (Å²) in [6.45, 7) is 4.37. The molecule has 0 radical (unpaired) electrons. The Morgan fingerprint density at radius 3 is 1.61 bits per heavy atom. The second-order valence-electron chi connectivity index (χ2n) is 10.0. The van der Waals surface area contributed by atoms with Gasteiger partial charge in [-0.05, 0) is 42.9 Å². The number of unbranched alkanes of at least 4 members (excludes halogenated alkanes) is 14. The summed E-state index contributed by atoms with van der Waals surface area (Å²) in [6.07, 6.45) is 19.9. The van der Waals surface area contributed by atoms with Crippen LogP contribution in [0.3, 0.4) is 0 Å². The maximum atomic E-state index is 11.6. The summed E-state index contributed by atoms with van der Waals surface area (Å²) in [5.74, 6) is 0.194. The molecule has 4 heteroatoms. The van der Waals surface area contributed by atoms with Crippen molar-refractivity contribution < 1.29 is 19.7 Å². The fraction of sp³-hybridized carbons (Fsp3) is 0.759. The van der Waals surface area contributed by atoms with Crippen LogP contribution in [0.1, 0.15) is 122 Å². The van der Waals surface area contributed by atoms with Crippen molar-refractivity contribution in [2.24, 2.45) is 5.92 Å². The van der Waals surface area contributed by atoms with E-state index in [0.29, 0.717) is 24.7 Å². The number of ether oxygens (including phenoxy) is 1. The molecule has 0 spiro atoms. The minimum absolute atomic E-state index is 0.306. The summed E-state index contributed by atoms with van der Waals surface area (Å²) in [4.78, 5) is 11.6. The average Bonchev–Trinajstić information content (AvgIpc) is 2.80. The Hall–Kier alpha value is -1.55. The molecule has 0 heterocycles. The molecule has 1 aromatic rings. The number of aliphatic hydroxyl groups is 1. The molecular weight excluding hydrogens is 412 g/mol. The summed E-state index contributed by atoms with van der Waals surface area (Å²) in [7, 11) is 0. The van der Waals surface area contributed by atoms with Gasteiger partial charge in [0, 0.05) is 0 Å². The molecule has 4 nitrogen and oxygen atoms in total. The maximum Gasteiger partial charge on any atom is 0.334 e. The van der Waals surface area contributed by atoms with E-state index in [9.17, 15) is 15.0 Å². The molecule has 0 aromatic heterocycles. The van der Waals surface area contributed by atoms with Crippen LogP contribution in [0.25, 0.3) is 0 Å². The maximum absolute atomic E-state index is 11.6. The highest BCUT2D eigenvalue weighted by Crippen LogP contribution is 2.16. The number of carbonyl (C=O) groups is 1. The molecule has 0 unspecified atom stereocenters. The van der Waals surface area contributed by atoms with Gasteiger partial charge in [0.2, 0.25) is 0 Å². The van der Waals surface area contributed by atoms with E-state index in [1.165, 1.54) is 89.0 Å². The summed E-state index contributed by atoms with van der Waals surface area (Å²) in [5.41, 5.74) is 1.32. The van der Waals surface area contributed by atoms with Crippen molar-refractivity contribution in [1.82, 2.24) is 0 Å². The van der Waals surface area contributed by atoms with Gasteiger partial charge >= 0.3 is 5.97 Å². The molecule has 0 bridgehead atoms. The van der Waals surface area contributed by atoms with Crippen molar-refractivity contribution in [3.8, 4) is 5.75 Å². The van der Waals surface area contributed by atoms with Crippen molar-refractivity contribution in [1.29, 1.82) is 0 Å². The van der Waals surface area contributed by atoms with Crippen LogP contribution >= 0.6 is 0 Å². The van der Waals surface area contributed by atoms with Crippen molar-refractivity contribution >= 4 is 5.97 Å². The van der Waals surface area contributed by atoms with Gasteiger partial charge in [0.25, 0.3) is 0 Å². The molecule has 1 aromatic carbocycles. The number of aliphatic hydroxyl groups excluding tert-OH is 1. The van der Waals surface area contributed by atoms with Gasteiger partial charge in [-0.25, -0.2) is 4.79 Å². The number of benzene rings is 1. The Bertz CT molecular complexity index is 582. The molecular formula is C29H50O4. The quantitative estimate of drug-likeness (QED) is 0.145. The van der Waals surface area contributed by atoms with Gasteiger partial charge < -0.3 is 14.9 Å². The van der Waals surface area contributed by atoms with Gasteiger partial charge in [0.05, 0.1) is 6.61 Å². The second kappa shape index (κ2) is 19.9. The van der Waals surface area contributed by atoms with Crippen LogP contribution in [0.4, 0.5) is 0 Å². The molecule has 190 valence electrons. The van der Waals surface area contributed by atoms with E-state index >= 15 is 0 Å². The first-order chi connectivity index (χ1) is 16.0. The van der Waals surface area contributed by atoms with Crippen LogP contribution in [0.15, 0.2) is 24.3 Å². The minimum Gasteiger partial charge on any atom is -0.508 e. The Kier molecular flexibility index (Phi) is 17.8. The molecule has 0 aliphatic heterocycles. The second-order valence-corrected chi connectivity index (χ2v) is 10.0. The first kappa shape index (κ1) is 29.5. The fourth-order valence-corrected chi connectivity index (χ4v) is 4.09. The van der Waals surface area contributed by atoms with E-state index < -0.39 is 12.1 Å². The lowest BCUT2D eigenvalue weighted by atomic mass is 10.0. The number of aromatic hydroxyl groups is 1. The molecule has 33 heavy (non-hydrogen) atoms. The Balaban J connectivity index is 1.76. The topological polar surface area (TPSA) is 66.8 Å². The zero-order valence-corrected chi connectivity index (χ0v) is 21.4. The number of phenols is 1. The highest BCUT2D eigenvalue weighted by Gasteiger charge is 2.16. The molecule has 0 aliphatic rings. The molecule has 2 N–H and O–H groups in total. The number of rotatable bonds is 21. The van der Waals surface area contributed by atoms with Crippen molar-refractivity contribution in [3.05, 3.63) is 29.8 Å². The van der Waals surface area contributed by atoms with Crippen LogP contribution in [0.5, 0.6) is 5.75 Å². The Labute approximate surface area is 203 Å². The standard InChI is InChI=1S/C29H50O4/c1-25(2)24-33-29(32)28(31)19-17-15-13-11-9-7-5-3-4-6-8-10-12-14-16-18-26-20-22-27(30)23-21-26/h20-23,25,28,30-31H,3-19,24H2,1-2H3/t28-/m0/s1. The molecule has 1 atom stereocenters. The predicted octanol–water partition coefficient (Wildman–Crippen LogP) is 7.74. The van der Waals surface area contributed by atoms with Gasteiger partial charge in [-0.15, -0.1) is 0 Å². The molecule has 0 saturated heterocycles. The zero-order valence-electron chi connectivity index (χ0n) is 21.4. The molecule has 0 amide bonds. The lowest BCUT2D eigenvalue weighted by Gasteiger charge is -2.12. The van der Waals surface area contributed by atoms with Gasteiger partial charge in [-0.3, -0.25) is 0 Å². The third kappa shape index (κ3) is 17.6. The first-order valence-corrected chi connectivity index (χ1v) is 13.6. The number of carbonyl (C=O) groups excluding carboxylic acids is 1. The molecule has 1 rings (SSSR count). The van der Waals surface area contributed by atoms with Crippen LogP contribution < -0.4 is 0 Å².